The Hall–Kier alpha value is -0.820. The molecule has 1 rings (SSSR count). The van der Waals surface area contributed by atoms with Crippen molar-refractivity contribution in [2.45, 2.75) is 53.4 Å². The molecule has 1 heteroatoms. The van der Waals surface area contributed by atoms with Gasteiger partial charge < -0.3 is 5.32 Å². The zero-order chi connectivity index (χ0) is 14.1. The first kappa shape index (κ1) is 16.2. The van der Waals surface area contributed by atoms with Gasteiger partial charge in [0.25, 0.3) is 0 Å². The van der Waals surface area contributed by atoms with E-state index in [0.29, 0.717) is 0 Å². The van der Waals surface area contributed by atoms with Gasteiger partial charge in [0, 0.05) is 0 Å². The molecule has 1 aromatic carbocycles. The molecule has 0 aliphatic rings. The number of aryl methyl sites for hydroxylation is 1. The highest BCUT2D eigenvalue weighted by molar-refractivity contribution is 5.21. The molecule has 0 fully saturated rings. The fourth-order valence-corrected chi connectivity index (χ4v) is 2.50. The van der Waals surface area contributed by atoms with Crippen molar-refractivity contribution in [2.24, 2.45) is 11.8 Å². The SMILES string of the molecule is CCNCC(CCCC(C)C)Cc1ccc(C)cc1. The average molecular weight is 261 g/mol. The van der Waals surface area contributed by atoms with Crippen molar-refractivity contribution in [3.63, 3.8) is 0 Å². The predicted molar refractivity (Wildman–Crippen MR) is 85.6 cm³/mol. The molecule has 0 heterocycles. The predicted octanol–water partition coefficient (Wildman–Crippen LogP) is 4.59. The highest BCUT2D eigenvalue weighted by atomic mass is 14.8. The van der Waals surface area contributed by atoms with E-state index in [0.717, 1.165) is 24.9 Å². The van der Waals surface area contributed by atoms with Gasteiger partial charge in [0.2, 0.25) is 0 Å². The summed E-state index contributed by atoms with van der Waals surface area (Å²) in [6.45, 7) is 11.2. The zero-order valence-corrected chi connectivity index (χ0v) is 13.2. The third-order valence-corrected chi connectivity index (χ3v) is 3.72. The molecule has 0 bridgehead atoms. The van der Waals surface area contributed by atoms with Crippen LogP contribution in [0.25, 0.3) is 0 Å². The maximum absolute atomic E-state index is 3.52. The van der Waals surface area contributed by atoms with Gasteiger partial charge in [-0.25, -0.2) is 0 Å². The zero-order valence-electron chi connectivity index (χ0n) is 13.2. The summed E-state index contributed by atoms with van der Waals surface area (Å²) in [5.41, 5.74) is 2.84. The molecule has 0 aliphatic carbocycles. The number of hydrogen-bond acceptors (Lipinski definition) is 1. The van der Waals surface area contributed by atoms with E-state index in [1.165, 1.54) is 36.8 Å². The highest BCUT2D eigenvalue weighted by Crippen LogP contribution is 2.17. The minimum absolute atomic E-state index is 0.779. The molecule has 19 heavy (non-hydrogen) atoms. The van der Waals surface area contributed by atoms with E-state index in [1.807, 2.05) is 0 Å². The molecule has 0 saturated heterocycles. The lowest BCUT2D eigenvalue weighted by atomic mass is 9.92. The lowest BCUT2D eigenvalue weighted by molar-refractivity contribution is 0.410. The van der Waals surface area contributed by atoms with E-state index >= 15 is 0 Å². The fraction of sp³-hybridized carbons (Fsp3) is 0.667. The number of benzene rings is 1. The Bertz CT molecular complexity index is 326. The second kappa shape index (κ2) is 9.14. The second-order valence-corrected chi connectivity index (χ2v) is 6.19. The smallest absolute Gasteiger partial charge is 0.00175 e. The number of nitrogens with one attached hydrogen (secondary N) is 1. The Kier molecular flexibility index (Phi) is 7.81. The van der Waals surface area contributed by atoms with Crippen molar-refractivity contribution in [1.82, 2.24) is 5.32 Å². The lowest BCUT2D eigenvalue weighted by Crippen LogP contribution is -2.24. The van der Waals surface area contributed by atoms with Crippen LogP contribution in [-0.2, 0) is 6.42 Å². The molecule has 0 saturated carbocycles. The molecule has 1 atom stereocenters. The first-order valence-corrected chi connectivity index (χ1v) is 7.88. The normalized spacial score (nSPS) is 12.9. The summed E-state index contributed by atoms with van der Waals surface area (Å²) < 4.78 is 0. The van der Waals surface area contributed by atoms with E-state index in [-0.39, 0.29) is 0 Å². The second-order valence-electron chi connectivity index (χ2n) is 6.19. The van der Waals surface area contributed by atoms with Gasteiger partial charge in [-0.1, -0.05) is 63.4 Å². The van der Waals surface area contributed by atoms with Crippen molar-refractivity contribution >= 4 is 0 Å². The van der Waals surface area contributed by atoms with Crippen LogP contribution in [0.5, 0.6) is 0 Å². The van der Waals surface area contributed by atoms with Crippen molar-refractivity contribution < 1.29 is 0 Å². The van der Waals surface area contributed by atoms with Crippen molar-refractivity contribution in [3.8, 4) is 0 Å². The van der Waals surface area contributed by atoms with Crippen LogP contribution in [-0.4, -0.2) is 13.1 Å². The highest BCUT2D eigenvalue weighted by Gasteiger charge is 2.09. The molecule has 1 aromatic rings. The van der Waals surface area contributed by atoms with Crippen LogP contribution in [0.2, 0.25) is 0 Å². The molecular formula is C18H31N. The molecule has 108 valence electrons. The Morgan fingerprint density at radius 1 is 1.05 bits per heavy atom. The van der Waals surface area contributed by atoms with Crippen LogP contribution < -0.4 is 5.32 Å². The van der Waals surface area contributed by atoms with Gasteiger partial charge in [-0.2, -0.15) is 0 Å². The molecule has 0 amide bonds. The van der Waals surface area contributed by atoms with Crippen LogP contribution in [0.4, 0.5) is 0 Å². The summed E-state index contributed by atoms with van der Waals surface area (Å²) >= 11 is 0. The first-order chi connectivity index (χ1) is 9.11. The summed E-state index contributed by atoms with van der Waals surface area (Å²) in [6.07, 6.45) is 5.28. The van der Waals surface area contributed by atoms with E-state index < -0.39 is 0 Å². The monoisotopic (exact) mass is 261 g/mol. The molecule has 1 nitrogen and oxygen atoms in total. The minimum Gasteiger partial charge on any atom is -0.317 e. The number of rotatable bonds is 9. The van der Waals surface area contributed by atoms with Gasteiger partial charge in [-0.3, -0.25) is 0 Å². The van der Waals surface area contributed by atoms with Crippen LogP contribution in [0.1, 0.15) is 51.2 Å². The van der Waals surface area contributed by atoms with Gasteiger partial charge in [-0.05, 0) is 50.3 Å². The molecule has 0 aliphatic heterocycles. The Morgan fingerprint density at radius 2 is 1.74 bits per heavy atom. The first-order valence-electron chi connectivity index (χ1n) is 7.88. The summed E-state index contributed by atoms with van der Waals surface area (Å²) in [6, 6.07) is 9.04. The fourth-order valence-electron chi connectivity index (χ4n) is 2.50. The van der Waals surface area contributed by atoms with E-state index in [2.05, 4.69) is 57.3 Å². The lowest BCUT2D eigenvalue weighted by Gasteiger charge is -2.18. The average Bonchev–Trinajstić information content (AvgIpc) is 2.38. The third-order valence-electron chi connectivity index (χ3n) is 3.72. The Labute approximate surface area is 119 Å². The van der Waals surface area contributed by atoms with Crippen LogP contribution in [0.15, 0.2) is 24.3 Å². The Balaban J connectivity index is 2.45. The van der Waals surface area contributed by atoms with Gasteiger partial charge >= 0.3 is 0 Å². The maximum Gasteiger partial charge on any atom is -0.00175 e. The van der Waals surface area contributed by atoms with Crippen molar-refractivity contribution in [3.05, 3.63) is 35.4 Å². The van der Waals surface area contributed by atoms with Crippen LogP contribution in [0, 0.1) is 18.8 Å². The third kappa shape index (κ3) is 7.37. The molecule has 0 spiro atoms. The van der Waals surface area contributed by atoms with Gasteiger partial charge in [0.15, 0.2) is 0 Å². The minimum atomic E-state index is 0.779. The maximum atomic E-state index is 3.52. The summed E-state index contributed by atoms with van der Waals surface area (Å²) in [4.78, 5) is 0. The quantitative estimate of drug-likeness (QED) is 0.685. The molecular weight excluding hydrogens is 230 g/mol. The van der Waals surface area contributed by atoms with Crippen molar-refractivity contribution in [1.29, 1.82) is 0 Å². The summed E-state index contributed by atoms with van der Waals surface area (Å²) in [5, 5.41) is 3.52. The van der Waals surface area contributed by atoms with Gasteiger partial charge in [0.1, 0.15) is 0 Å². The van der Waals surface area contributed by atoms with E-state index in [1.54, 1.807) is 0 Å². The number of hydrogen-bond donors (Lipinski definition) is 1. The molecule has 0 aromatic heterocycles. The van der Waals surface area contributed by atoms with Gasteiger partial charge in [0.05, 0.1) is 0 Å². The molecule has 0 radical (unpaired) electrons. The van der Waals surface area contributed by atoms with Crippen LogP contribution >= 0.6 is 0 Å². The summed E-state index contributed by atoms with van der Waals surface area (Å²) in [7, 11) is 0. The molecule has 1 unspecified atom stereocenters. The standard InChI is InChI=1S/C18H31N/c1-5-19-14-18(8-6-7-15(2)3)13-17-11-9-16(4)10-12-17/h9-12,15,18-19H,5-8,13-14H2,1-4H3. The van der Waals surface area contributed by atoms with E-state index in [4.69, 9.17) is 0 Å². The van der Waals surface area contributed by atoms with Crippen LogP contribution in [0.3, 0.4) is 0 Å². The Morgan fingerprint density at radius 3 is 2.32 bits per heavy atom. The summed E-state index contributed by atoms with van der Waals surface area (Å²) in [5.74, 6) is 1.61. The largest absolute Gasteiger partial charge is 0.317 e. The molecule has 1 N–H and O–H groups in total. The topological polar surface area (TPSA) is 12.0 Å². The van der Waals surface area contributed by atoms with E-state index in [9.17, 15) is 0 Å². The van der Waals surface area contributed by atoms with Crippen molar-refractivity contribution in [2.75, 3.05) is 13.1 Å². The van der Waals surface area contributed by atoms with Gasteiger partial charge in [-0.15, -0.1) is 0 Å².